The van der Waals surface area contributed by atoms with Gasteiger partial charge in [-0.05, 0) is 30.5 Å². The molecule has 15 heavy (non-hydrogen) atoms. The fraction of sp³-hybridized carbons (Fsp3) is 0.455. The maximum absolute atomic E-state index is 12.8. The van der Waals surface area contributed by atoms with Crippen molar-refractivity contribution in [2.75, 3.05) is 6.54 Å². The van der Waals surface area contributed by atoms with Gasteiger partial charge in [0.15, 0.2) is 0 Å². The van der Waals surface area contributed by atoms with Crippen molar-refractivity contribution in [3.63, 3.8) is 0 Å². The molecule has 2 rings (SSSR count). The van der Waals surface area contributed by atoms with Crippen LogP contribution in [0.25, 0.3) is 0 Å². The normalized spacial score (nSPS) is 17.8. The first kappa shape index (κ1) is 10.9. The molecule has 0 heterocycles. The van der Waals surface area contributed by atoms with Crippen molar-refractivity contribution in [2.45, 2.75) is 24.9 Å². The number of nitrogens with one attached hydrogen (secondary N) is 1. The Morgan fingerprint density at radius 1 is 1.47 bits per heavy atom. The first-order valence-electron chi connectivity index (χ1n) is 5.03. The smallest absolute Gasteiger partial charge is 0.141 e. The van der Waals surface area contributed by atoms with Crippen LogP contribution < -0.4 is 11.1 Å². The summed E-state index contributed by atoms with van der Waals surface area (Å²) in [6.45, 7) is 1.49. The zero-order valence-electron chi connectivity index (χ0n) is 8.39. The van der Waals surface area contributed by atoms with E-state index in [0.717, 1.165) is 24.9 Å². The van der Waals surface area contributed by atoms with E-state index < -0.39 is 0 Å². The second-order valence-corrected chi connectivity index (χ2v) is 4.62. The molecule has 82 valence electrons. The Bertz CT molecular complexity index is 364. The van der Waals surface area contributed by atoms with Crippen molar-refractivity contribution in [1.29, 1.82) is 0 Å². The predicted octanol–water partition coefficient (Wildman–Crippen LogP) is 2.06. The molecule has 0 unspecified atom stereocenters. The van der Waals surface area contributed by atoms with Crippen LogP contribution in [0.3, 0.4) is 0 Å². The molecule has 0 spiro atoms. The Morgan fingerprint density at radius 3 is 2.80 bits per heavy atom. The minimum absolute atomic E-state index is 0.00379. The summed E-state index contributed by atoms with van der Waals surface area (Å²) in [5.74, 6) is -0.377. The summed E-state index contributed by atoms with van der Waals surface area (Å²) >= 11 is 5.67. The molecule has 4 heteroatoms. The molecule has 0 saturated heterocycles. The third-order valence-electron chi connectivity index (χ3n) is 2.68. The zero-order chi connectivity index (χ0) is 10.9. The van der Waals surface area contributed by atoms with Crippen LogP contribution in [0.1, 0.15) is 18.4 Å². The van der Waals surface area contributed by atoms with Crippen molar-refractivity contribution in [1.82, 2.24) is 5.32 Å². The lowest BCUT2D eigenvalue weighted by molar-refractivity contribution is 0.568. The predicted molar refractivity (Wildman–Crippen MR) is 59.3 cm³/mol. The highest BCUT2D eigenvalue weighted by Crippen LogP contribution is 2.31. The maximum atomic E-state index is 12.8. The van der Waals surface area contributed by atoms with Gasteiger partial charge in [0.2, 0.25) is 0 Å². The van der Waals surface area contributed by atoms with E-state index in [0.29, 0.717) is 6.54 Å². The molecule has 0 radical (unpaired) electrons. The van der Waals surface area contributed by atoms with Gasteiger partial charge in [0.25, 0.3) is 0 Å². The Morgan fingerprint density at radius 2 is 2.20 bits per heavy atom. The molecular weight excluding hydrogens is 215 g/mol. The van der Waals surface area contributed by atoms with Crippen LogP contribution in [-0.4, -0.2) is 12.1 Å². The van der Waals surface area contributed by atoms with Crippen LogP contribution in [0.2, 0.25) is 5.02 Å². The van der Waals surface area contributed by atoms with Crippen LogP contribution in [0, 0.1) is 5.82 Å². The lowest BCUT2D eigenvalue weighted by Crippen LogP contribution is -2.35. The number of rotatable bonds is 4. The molecule has 1 fully saturated rings. The summed E-state index contributed by atoms with van der Waals surface area (Å²) in [5, 5.41) is 3.41. The standard InChI is InChI=1S/C11H14ClFN2/c12-9-5-8(1-2-10(9)13)6-15-7-11(14)3-4-11/h1-2,5,15H,3-4,6-7,14H2. The highest BCUT2D eigenvalue weighted by molar-refractivity contribution is 6.30. The van der Waals surface area contributed by atoms with Crippen molar-refractivity contribution >= 4 is 11.6 Å². The molecule has 2 nitrogen and oxygen atoms in total. The highest BCUT2D eigenvalue weighted by atomic mass is 35.5. The molecule has 0 amide bonds. The van der Waals surface area contributed by atoms with Gasteiger partial charge < -0.3 is 11.1 Å². The molecule has 1 aliphatic rings. The van der Waals surface area contributed by atoms with E-state index >= 15 is 0 Å². The van der Waals surface area contributed by atoms with E-state index in [1.54, 1.807) is 12.1 Å². The average molecular weight is 229 g/mol. The summed E-state index contributed by atoms with van der Waals surface area (Å²) in [5.41, 5.74) is 6.90. The van der Waals surface area contributed by atoms with Gasteiger partial charge in [0.05, 0.1) is 5.02 Å². The van der Waals surface area contributed by atoms with Crippen LogP contribution in [0.15, 0.2) is 18.2 Å². The largest absolute Gasteiger partial charge is 0.324 e. The lowest BCUT2D eigenvalue weighted by Gasteiger charge is -2.10. The minimum Gasteiger partial charge on any atom is -0.324 e. The Labute approximate surface area is 93.6 Å². The molecule has 1 aromatic carbocycles. The van der Waals surface area contributed by atoms with Gasteiger partial charge in [-0.1, -0.05) is 17.7 Å². The molecule has 0 aromatic heterocycles. The Kier molecular flexibility index (Phi) is 2.96. The molecule has 0 aliphatic heterocycles. The highest BCUT2D eigenvalue weighted by Gasteiger charge is 2.37. The van der Waals surface area contributed by atoms with E-state index in [4.69, 9.17) is 17.3 Å². The second-order valence-electron chi connectivity index (χ2n) is 4.21. The van der Waals surface area contributed by atoms with Gasteiger partial charge in [-0.3, -0.25) is 0 Å². The number of hydrogen-bond donors (Lipinski definition) is 2. The fourth-order valence-electron chi connectivity index (χ4n) is 1.44. The molecule has 1 saturated carbocycles. The van der Waals surface area contributed by atoms with Crippen LogP contribution in [0.5, 0.6) is 0 Å². The SMILES string of the molecule is NC1(CNCc2ccc(F)c(Cl)c2)CC1. The fourth-order valence-corrected chi connectivity index (χ4v) is 1.65. The second kappa shape index (κ2) is 4.08. The summed E-state index contributed by atoms with van der Waals surface area (Å²) in [6, 6.07) is 4.75. The molecule has 1 aliphatic carbocycles. The number of nitrogens with two attached hydrogens (primary N) is 1. The van der Waals surface area contributed by atoms with Gasteiger partial charge in [0.1, 0.15) is 5.82 Å². The van der Waals surface area contributed by atoms with Crippen molar-refractivity contribution in [3.8, 4) is 0 Å². The molecule has 3 N–H and O–H groups in total. The monoisotopic (exact) mass is 228 g/mol. The molecule has 1 aromatic rings. The summed E-state index contributed by atoms with van der Waals surface area (Å²) < 4.78 is 12.8. The first-order chi connectivity index (χ1) is 7.09. The number of hydrogen-bond acceptors (Lipinski definition) is 2. The van der Waals surface area contributed by atoms with Gasteiger partial charge in [-0.15, -0.1) is 0 Å². The molecular formula is C11H14ClFN2. The van der Waals surface area contributed by atoms with Crippen LogP contribution in [0.4, 0.5) is 4.39 Å². The lowest BCUT2D eigenvalue weighted by atomic mass is 10.2. The van der Waals surface area contributed by atoms with Crippen LogP contribution in [-0.2, 0) is 6.54 Å². The summed E-state index contributed by atoms with van der Waals surface area (Å²) in [4.78, 5) is 0. The van der Waals surface area contributed by atoms with E-state index in [9.17, 15) is 4.39 Å². The molecule has 0 atom stereocenters. The number of benzene rings is 1. The Hall–Kier alpha value is -0.640. The van der Waals surface area contributed by atoms with E-state index in [-0.39, 0.29) is 16.4 Å². The van der Waals surface area contributed by atoms with Gasteiger partial charge in [-0.2, -0.15) is 0 Å². The number of halogens is 2. The van der Waals surface area contributed by atoms with Crippen molar-refractivity contribution in [3.05, 3.63) is 34.6 Å². The van der Waals surface area contributed by atoms with Crippen molar-refractivity contribution < 1.29 is 4.39 Å². The topological polar surface area (TPSA) is 38.0 Å². The van der Waals surface area contributed by atoms with Crippen LogP contribution >= 0.6 is 11.6 Å². The van der Waals surface area contributed by atoms with E-state index in [1.165, 1.54) is 6.07 Å². The van der Waals surface area contributed by atoms with Crippen molar-refractivity contribution in [2.24, 2.45) is 5.73 Å². The zero-order valence-corrected chi connectivity index (χ0v) is 9.15. The molecule has 0 bridgehead atoms. The summed E-state index contributed by atoms with van der Waals surface area (Å²) in [6.07, 6.45) is 2.17. The maximum Gasteiger partial charge on any atom is 0.141 e. The third-order valence-corrected chi connectivity index (χ3v) is 2.97. The van der Waals surface area contributed by atoms with E-state index in [2.05, 4.69) is 5.32 Å². The van der Waals surface area contributed by atoms with Gasteiger partial charge in [0, 0.05) is 18.6 Å². The quantitative estimate of drug-likeness (QED) is 0.828. The average Bonchev–Trinajstić information content (AvgIpc) is 2.90. The Balaban J connectivity index is 1.85. The summed E-state index contributed by atoms with van der Waals surface area (Å²) in [7, 11) is 0. The first-order valence-corrected chi connectivity index (χ1v) is 5.40. The van der Waals surface area contributed by atoms with E-state index in [1.807, 2.05) is 0 Å². The minimum atomic E-state index is -0.377. The van der Waals surface area contributed by atoms with Gasteiger partial charge in [-0.25, -0.2) is 4.39 Å². The van der Waals surface area contributed by atoms with Gasteiger partial charge >= 0.3 is 0 Å². The third kappa shape index (κ3) is 2.91.